The van der Waals surface area contributed by atoms with Crippen LogP contribution in [0.2, 0.25) is 0 Å². The Labute approximate surface area is 168 Å². The fourth-order valence-electron chi connectivity index (χ4n) is 2.53. The molecule has 0 saturated heterocycles. The Balaban J connectivity index is 1.64. The molecule has 0 saturated carbocycles. The molecule has 3 rings (SSSR count). The minimum Gasteiger partial charge on any atom is -0.459 e. The van der Waals surface area contributed by atoms with Gasteiger partial charge >= 0.3 is 0 Å². The molecular weight excluding hydrogens is 396 g/mol. The van der Waals surface area contributed by atoms with Crippen LogP contribution in [0.25, 0.3) is 0 Å². The zero-order valence-electron chi connectivity index (χ0n) is 15.2. The lowest BCUT2D eigenvalue weighted by Crippen LogP contribution is -2.23. The van der Waals surface area contributed by atoms with Gasteiger partial charge in [0.15, 0.2) is 5.76 Å². The monoisotopic (exact) mass is 410 g/mol. The van der Waals surface area contributed by atoms with Gasteiger partial charge in [-0.2, -0.15) is 0 Å². The molecule has 0 bridgehead atoms. The lowest BCUT2D eigenvalue weighted by Gasteiger charge is -2.07. The molecular formula is C19H14N4O7. The number of nitro groups is 2. The third-order valence-electron chi connectivity index (χ3n) is 4.00. The highest BCUT2D eigenvalue weighted by atomic mass is 16.6. The summed E-state index contributed by atoms with van der Waals surface area (Å²) in [7, 11) is 0. The second-order valence-corrected chi connectivity index (χ2v) is 6.06. The first kappa shape index (κ1) is 20.2. The smallest absolute Gasteiger partial charge is 0.291 e. The fourth-order valence-corrected chi connectivity index (χ4v) is 2.53. The SMILES string of the molecule is O=C(NCc1ccc(NC(=O)c2ccco2)cc1)c1cc([N+](=O)[O-])cc([N+](=O)[O-])c1. The third kappa shape index (κ3) is 4.84. The number of nitro benzene ring substituents is 2. The Morgan fingerprint density at radius 1 is 0.900 bits per heavy atom. The van der Waals surface area contributed by atoms with E-state index in [-0.39, 0.29) is 17.9 Å². The van der Waals surface area contributed by atoms with Crippen molar-refractivity contribution in [2.45, 2.75) is 6.54 Å². The van der Waals surface area contributed by atoms with Gasteiger partial charge in [0.25, 0.3) is 23.2 Å². The van der Waals surface area contributed by atoms with Crippen molar-refractivity contribution in [3.63, 3.8) is 0 Å². The summed E-state index contributed by atoms with van der Waals surface area (Å²) in [5.41, 5.74) is -0.102. The molecule has 11 heteroatoms. The predicted octanol–water partition coefficient (Wildman–Crippen LogP) is 3.28. The molecule has 2 amide bonds. The van der Waals surface area contributed by atoms with Gasteiger partial charge in [-0.1, -0.05) is 12.1 Å². The van der Waals surface area contributed by atoms with E-state index >= 15 is 0 Å². The van der Waals surface area contributed by atoms with E-state index < -0.39 is 33.0 Å². The van der Waals surface area contributed by atoms with E-state index in [1.54, 1.807) is 30.3 Å². The summed E-state index contributed by atoms with van der Waals surface area (Å²) < 4.78 is 5.00. The first-order chi connectivity index (χ1) is 14.3. The molecule has 0 aliphatic heterocycles. The predicted molar refractivity (Wildman–Crippen MR) is 104 cm³/mol. The first-order valence-corrected chi connectivity index (χ1v) is 8.49. The van der Waals surface area contributed by atoms with Gasteiger partial charge in [0.05, 0.1) is 27.7 Å². The first-order valence-electron chi connectivity index (χ1n) is 8.49. The number of hydrogen-bond acceptors (Lipinski definition) is 7. The Bertz CT molecular complexity index is 1080. The van der Waals surface area contributed by atoms with Crippen molar-refractivity contribution >= 4 is 28.9 Å². The zero-order valence-corrected chi connectivity index (χ0v) is 15.2. The van der Waals surface area contributed by atoms with Crippen LogP contribution < -0.4 is 10.6 Å². The minimum absolute atomic E-state index is 0.0712. The number of carbonyl (C=O) groups is 2. The fraction of sp³-hybridized carbons (Fsp3) is 0.0526. The van der Waals surface area contributed by atoms with Crippen molar-refractivity contribution in [1.82, 2.24) is 5.32 Å². The molecule has 0 aliphatic rings. The number of non-ortho nitro benzene ring substituents is 2. The van der Waals surface area contributed by atoms with E-state index in [9.17, 15) is 29.8 Å². The summed E-state index contributed by atoms with van der Waals surface area (Å²) in [5, 5.41) is 27.0. The van der Waals surface area contributed by atoms with Crippen LogP contribution in [0.5, 0.6) is 0 Å². The van der Waals surface area contributed by atoms with Crippen LogP contribution in [-0.4, -0.2) is 21.7 Å². The lowest BCUT2D eigenvalue weighted by molar-refractivity contribution is -0.394. The molecule has 152 valence electrons. The molecule has 2 aromatic carbocycles. The highest BCUT2D eigenvalue weighted by molar-refractivity contribution is 6.02. The second kappa shape index (κ2) is 8.65. The summed E-state index contributed by atoms with van der Waals surface area (Å²) in [6.45, 7) is 0.0712. The number of anilines is 1. The van der Waals surface area contributed by atoms with Gasteiger partial charge in [0.2, 0.25) is 0 Å². The molecule has 2 N–H and O–H groups in total. The van der Waals surface area contributed by atoms with Gasteiger partial charge in [-0.25, -0.2) is 0 Å². The second-order valence-electron chi connectivity index (χ2n) is 6.06. The molecule has 11 nitrogen and oxygen atoms in total. The van der Waals surface area contributed by atoms with E-state index in [0.29, 0.717) is 11.3 Å². The van der Waals surface area contributed by atoms with Crippen molar-refractivity contribution in [2.75, 3.05) is 5.32 Å². The quantitative estimate of drug-likeness (QED) is 0.447. The Hall–Kier alpha value is -4.54. The van der Waals surface area contributed by atoms with E-state index in [0.717, 1.165) is 18.2 Å². The Morgan fingerprint density at radius 2 is 1.53 bits per heavy atom. The maximum Gasteiger partial charge on any atom is 0.291 e. The lowest BCUT2D eigenvalue weighted by atomic mass is 10.1. The highest BCUT2D eigenvalue weighted by Gasteiger charge is 2.19. The van der Waals surface area contributed by atoms with Gasteiger partial charge in [-0.15, -0.1) is 0 Å². The van der Waals surface area contributed by atoms with Crippen molar-refractivity contribution < 1.29 is 23.9 Å². The highest BCUT2D eigenvalue weighted by Crippen LogP contribution is 2.22. The van der Waals surface area contributed by atoms with Crippen LogP contribution in [-0.2, 0) is 6.54 Å². The molecule has 0 fully saturated rings. The summed E-state index contributed by atoms with van der Waals surface area (Å²) in [4.78, 5) is 44.5. The van der Waals surface area contributed by atoms with Crippen molar-refractivity contribution in [1.29, 1.82) is 0 Å². The van der Waals surface area contributed by atoms with Crippen LogP contribution in [0, 0.1) is 20.2 Å². The minimum atomic E-state index is -0.806. The van der Waals surface area contributed by atoms with E-state index in [1.807, 2.05) is 0 Å². The maximum absolute atomic E-state index is 12.3. The number of furan rings is 1. The molecule has 30 heavy (non-hydrogen) atoms. The van der Waals surface area contributed by atoms with Crippen LogP contribution >= 0.6 is 0 Å². The number of nitrogens with zero attached hydrogens (tertiary/aromatic N) is 2. The van der Waals surface area contributed by atoms with Gasteiger partial charge < -0.3 is 15.1 Å². The maximum atomic E-state index is 12.3. The molecule has 1 heterocycles. The third-order valence-corrected chi connectivity index (χ3v) is 4.00. The van der Waals surface area contributed by atoms with Gasteiger partial charge in [-0.05, 0) is 29.8 Å². The summed E-state index contributed by atoms with van der Waals surface area (Å²) in [6.07, 6.45) is 1.39. The number of benzene rings is 2. The Morgan fingerprint density at radius 3 is 2.07 bits per heavy atom. The summed E-state index contributed by atoms with van der Waals surface area (Å²) in [5.74, 6) is -0.942. The van der Waals surface area contributed by atoms with Crippen LogP contribution in [0.15, 0.2) is 65.3 Å². The van der Waals surface area contributed by atoms with Gasteiger partial charge in [0.1, 0.15) is 0 Å². The molecule has 1 aromatic heterocycles. The largest absolute Gasteiger partial charge is 0.459 e. The average Bonchev–Trinajstić information content (AvgIpc) is 3.27. The number of rotatable bonds is 7. The van der Waals surface area contributed by atoms with Crippen LogP contribution in [0.3, 0.4) is 0 Å². The van der Waals surface area contributed by atoms with Crippen molar-refractivity contribution in [3.8, 4) is 0 Å². The average molecular weight is 410 g/mol. The van der Waals surface area contributed by atoms with E-state index in [4.69, 9.17) is 4.42 Å². The summed E-state index contributed by atoms with van der Waals surface area (Å²) in [6, 6.07) is 12.4. The van der Waals surface area contributed by atoms with Crippen molar-refractivity contribution in [2.24, 2.45) is 0 Å². The zero-order chi connectivity index (χ0) is 21.7. The summed E-state index contributed by atoms with van der Waals surface area (Å²) >= 11 is 0. The van der Waals surface area contributed by atoms with Crippen molar-refractivity contribution in [3.05, 3.63) is 98.0 Å². The molecule has 0 radical (unpaired) electrons. The normalized spacial score (nSPS) is 10.3. The van der Waals surface area contributed by atoms with Gasteiger partial charge in [0, 0.05) is 24.4 Å². The number of hydrogen-bond donors (Lipinski definition) is 2. The van der Waals surface area contributed by atoms with E-state index in [2.05, 4.69) is 10.6 Å². The number of carbonyl (C=O) groups excluding carboxylic acids is 2. The molecule has 0 unspecified atom stereocenters. The molecule has 0 aliphatic carbocycles. The molecule has 0 atom stereocenters. The topological polar surface area (TPSA) is 158 Å². The number of amides is 2. The van der Waals surface area contributed by atoms with Crippen LogP contribution in [0.4, 0.5) is 17.1 Å². The van der Waals surface area contributed by atoms with Crippen LogP contribution in [0.1, 0.15) is 26.5 Å². The van der Waals surface area contributed by atoms with Gasteiger partial charge in [-0.3, -0.25) is 29.8 Å². The Kier molecular flexibility index (Phi) is 5.82. The standard InChI is InChI=1S/C19H14N4O7/c24-18(13-8-15(22(26)27)10-16(9-13)23(28)29)20-11-12-3-5-14(6-4-12)21-19(25)17-2-1-7-30-17/h1-10H,11H2,(H,20,24)(H,21,25). The number of nitrogens with one attached hydrogen (secondary N) is 2. The molecule has 3 aromatic rings. The van der Waals surface area contributed by atoms with E-state index in [1.165, 1.54) is 12.3 Å². The molecule has 0 spiro atoms.